The van der Waals surface area contributed by atoms with Gasteiger partial charge < -0.3 is 15.2 Å². The van der Waals surface area contributed by atoms with E-state index in [2.05, 4.69) is 20.4 Å². The number of aromatic nitrogens is 4. The van der Waals surface area contributed by atoms with Crippen molar-refractivity contribution in [2.75, 3.05) is 5.32 Å². The molecule has 27 heavy (non-hydrogen) atoms. The number of allylic oxidation sites excluding steroid dienone is 2. The molecule has 2 heterocycles. The van der Waals surface area contributed by atoms with Crippen molar-refractivity contribution in [2.24, 2.45) is 11.8 Å². The van der Waals surface area contributed by atoms with E-state index in [0.29, 0.717) is 29.2 Å². The average molecular weight is 370 g/mol. The molecular formula is C18H20N5O4-. The number of hydrogen-bond acceptors (Lipinski definition) is 6. The number of aliphatic carboxylic acids is 1. The summed E-state index contributed by atoms with van der Waals surface area (Å²) in [4.78, 5) is 43.0. The molecule has 2 N–H and O–H groups in total. The Morgan fingerprint density at radius 1 is 1.22 bits per heavy atom. The van der Waals surface area contributed by atoms with Gasteiger partial charge in [-0.05, 0) is 33.6 Å². The van der Waals surface area contributed by atoms with Crippen LogP contribution in [0.15, 0.2) is 23.0 Å². The molecule has 2 aromatic heterocycles. The molecule has 0 saturated carbocycles. The van der Waals surface area contributed by atoms with E-state index in [1.54, 1.807) is 39.0 Å². The third kappa shape index (κ3) is 3.67. The van der Waals surface area contributed by atoms with Crippen LogP contribution in [0.25, 0.3) is 5.95 Å². The molecule has 0 radical (unpaired) electrons. The Bertz CT molecular complexity index is 988. The van der Waals surface area contributed by atoms with Gasteiger partial charge in [0.2, 0.25) is 11.9 Å². The highest BCUT2D eigenvalue weighted by Gasteiger charge is 2.30. The summed E-state index contributed by atoms with van der Waals surface area (Å²) in [6, 6.07) is 1.62. The van der Waals surface area contributed by atoms with Crippen molar-refractivity contribution in [1.82, 2.24) is 19.7 Å². The van der Waals surface area contributed by atoms with Crippen LogP contribution in [0.1, 0.15) is 29.8 Å². The van der Waals surface area contributed by atoms with Crippen molar-refractivity contribution in [2.45, 2.75) is 33.6 Å². The van der Waals surface area contributed by atoms with Crippen molar-refractivity contribution < 1.29 is 14.7 Å². The number of nitrogens with one attached hydrogen (secondary N) is 2. The molecule has 0 aromatic carbocycles. The summed E-state index contributed by atoms with van der Waals surface area (Å²) in [7, 11) is 0. The fraction of sp³-hybridized carbons (Fsp3) is 0.389. The Morgan fingerprint density at radius 2 is 1.89 bits per heavy atom. The van der Waals surface area contributed by atoms with Gasteiger partial charge in [0.05, 0.1) is 11.6 Å². The molecule has 0 spiro atoms. The molecule has 0 bridgehead atoms. The van der Waals surface area contributed by atoms with Crippen LogP contribution in [0, 0.1) is 32.6 Å². The number of rotatable bonds is 4. The van der Waals surface area contributed by atoms with Gasteiger partial charge in [0.1, 0.15) is 5.82 Å². The third-order valence-corrected chi connectivity index (χ3v) is 4.74. The van der Waals surface area contributed by atoms with Crippen LogP contribution in [-0.2, 0) is 9.59 Å². The molecule has 1 amide bonds. The monoisotopic (exact) mass is 370 g/mol. The van der Waals surface area contributed by atoms with E-state index in [1.165, 1.54) is 4.68 Å². The smallest absolute Gasteiger partial charge is 0.255 e. The average Bonchev–Trinajstić information content (AvgIpc) is 2.99. The number of H-pyrrole nitrogens is 1. The summed E-state index contributed by atoms with van der Waals surface area (Å²) in [6.45, 7) is 5.11. The number of carboxylic acid groups (broad SMARTS) is 1. The maximum atomic E-state index is 12.7. The van der Waals surface area contributed by atoms with Crippen LogP contribution in [0.3, 0.4) is 0 Å². The van der Waals surface area contributed by atoms with E-state index in [0.717, 1.165) is 0 Å². The topological polar surface area (TPSA) is 133 Å². The Morgan fingerprint density at radius 3 is 2.52 bits per heavy atom. The third-order valence-electron chi connectivity index (χ3n) is 4.74. The molecule has 9 nitrogen and oxygen atoms in total. The predicted molar refractivity (Wildman–Crippen MR) is 95.2 cm³/mol. The lowest BCUT2D eigenvalue weighted by atomic mass is 9.82. The fourth-order valence-corrected chi connectivity index (χ4v) is 3.06. The zero-order valence-electron chi connectivity index (χ0n) is 15.3. The van der Waals surface area contributed by atoms with Gasteiger partial charge in [0.15, 0.2) is 0 Å². The van der Waals surface area contributed by atoms with Crippen LogP contribution in [0.2, 0.25) is 0 Å². The minimum atomic E-state index is -1.25. The predicted octanol–water partition coefficient (Wildman–Crippen LogP) is 0.152. The Kier molecular flexibility index (Phi) is 4.93. The number of carbonyl (C=O) groups is 2. The van der Waals surface area contributed by atoms with Gasteiger partial charge >= 0.3 is 0 Å². The van der Waals surface area contributed by atoms with Crippen molar-refractivity contribution in [1.29, 1.82) is 0 Å². The first-order valence-electron chi connectivity index (χ1n) is 8.59. The zero-order valence-corrected chi connectivity index (χ0v) is 15.3. The van der Waals surface area contributed by atoms with Crippen molar-refractivity contribution in [3.8, 4) is 5.95 Å². The minimum Gasteiger partial charge on any atom is -0.550 e. The summed E-state index contributed by atoms with van der Waals surface area (Å²) < 4.78 is 1.33. The Balaban J connectivity index is 1.93. The van der Waals surface area contributed by atoms with E-state index < -0.39 is 23.7 Å². The van der Waals surface area contributed by atoms with Gasteiger partial charge in [-0.1, -0.05) is 12.2 Å². The quantitative estimate of drug-likeness (QED) is 0.736. The van der Waals surface area contributed by atoms with Crippen molar-refractivity contribution in [3.63, 3.8) is 0 Å². The van der Waals surface area contributed by atoms with Crippen LogP contribution in [0.4, 0.5) is 5.82 Å². The van der Waals surface area contributed by atoms with Crippen LogP contribution >= 0.6 is 0 Å². The molecular weight excluding hydrogens is 350 g/mol. The van der Waals surface area contributed by atoms with Crippen LogP contribution in [0.5, 0.6) is 0 Å². The van der Waals surface area contributed by atoms with Gasteiger partial charge in [-0.25, -0.2) is 4.98 Å². The second kappa shape index (κ2) is 7.18. The lowest BCUT2D eigenvalue weighted by molar-refractivity contribution is -0.313. The first-order chi connectivity index (χ1) is 12.8. The lowest BCUT2D eigenvalue weighted by Gasteiger charge is -2.28. The molecule has 0 aliphatic heterocycles. The van der Waals surface area contributed by atoms with Crippen molar-refractivity contribution >= 4 is 17.7 Å². The SMILES string of the molecule is Cc1cc(NC(=O)[C@H]2CC=CC[C@H]2C(=O)[O-])n(-c2nc(C)c(C)c(=O)[nH]2)n1. The second-order valence-corrected chi connectivity index (χ2v) is 6.65. The summed E-state index contributed by atoms with van der Waals surface area (Å²) >= 11 is 0. The molecule has 0 fully saturated rings. The summed E-state index contributed by atoms with van der Waals surface area (Å²) in [5.41, 5.74) is 1.36. The number of aromatic amines is 1. The molecule has 1 aliphatic carbocycles. The number of carbonyl (C=O) groups excluding carboxylic acids is 2. The first kappa shape index (κ1) is 18.6. The number of nitrogens with zero attached hydrogens (tertiary/aromatic N) is 3. The minimum absolute atomic E-state index is 0.173. The summed E-state index contributed by atoms with van der Waals surface area (Å²) in [6.07, 6.45) is 4.10. The lowest BCUT2D eigenvalue weighted by Crippen LogP contribution is -2.41. The van der Waals surface area contributed by atoms with Crippen LogP contribution in [-0.4, -0.2) is 31.6 Å². The van der Waals surface area contributed by atoms with E-state index in [1.807, 2.05) is 0 Å². The molecule has 1 aliphatic rings. The highest BCUT2D eigenvalue weighted by atomic mass is 16.4. The number of carboxylic acids is 1. The van der Waals surface area contributed by atoms with Gasteiger partial charge in [-0.3, -0.25) is 14.6 Å². The number of amides is 1. The molecule has 3 rings (SSSR count). The molecule has 2 aromatic rings. The van der Waals surface area contributed by atoms with E-state index in [-0.39, 0.29) is 17.9 Å². The summed E-state index contributed by atoms with van der Waals surface area (Å²) in [5.74, 6) is -2.84. The molecule has 0 saturated heterocycles. The van der Waals surface area contributed by atoms with E-state index in [9.17, 15) is 19.5 Å². The molecule has 0 unspecified atom stereocenters. The Hall–Kier alpha value is -3.23. The maximum absolute atomic E-state index is 12.7. The highest BCUT2D eigenvalue weighted by Crippen LogP contribution is 2.27. The number of aryl methyl sites for hydroxylation is 2. The van der Waals surface area contributed by atoms with Crippen molar-refractivity contribution in [3.05, 3.63) is 45.5 Å². The highest BCUT2D eigenvalue weighted by molar-refractivity contribution is 5.94. The number of hydrogen-bond donors (Lipinski definition) is 2. The fourth-order valence-electron chi connectivity index (χ4n) is 3.06. The summed E-state index contributed by atoms with van der Waals surface area (Å²) in [5, 5.41) is 18.3. The van der Waals surface area contributed by atoms with Gasteiger partial charge in [-0.15, -0.1) is 0 Å². The molecule has 9 heteroatoms. The standard InChI is InChI=1S/C18H21N5O4/c1-9-8-14(20-16(25)12-6-4-5-7-13(12)17(26)27)23(22-9)18-19-11(3)10(2)15(24)21-18/h4-5,8,12-13H,6-7H2,1-3H3,(H,20,25)(H,26,27)(H,19,21,24)/p-1/t12-,13+/m0/s1. The second-order valence-electron chi connectivity index (χ2n) is 6.65. The maximum Gasteiger partial charge on any atom is 0.255 e. The normalized spacial score (nSPS) is 19.1. The Labute approximate surface area is 155 Å². The van der Waals surface area contributed by atoms with Gasteiger partial charge in [0.25, 0.3) is 5.56 Å². The largest absolute Gasteiger partial charge is 0.550 e. The zero-order chi connectivity index (χ0) is 19.7. The van der Waals surface area contributed by atoms with Gasteiger partial charge in [0, 0.05) is 29.2 Å². The number of anilines is 1. The first-order valence-corrected chi connectivity index (χ1v) is 8.59. The van der Waals surface area contributed by atoms with E-state index >= 15 is 0 Å². The molecule has 142 valence electrons. The molecule has 2 atom stereocenters. The van der Waals surface area contributed by atoms with Crippen LogP contribution < -0.4 is 16.0 Å². The van der Waals surface area contributed by atoms with Gasteiger partial charge in [-0.2, -0.15) is 9.78 Å². The van der Waals surface area contributed by atoms with E-state index in [4.69, 9.17) is 0 Å².